The van der Waals surface area contributed by atoms with E-state index in [2.05, 4.69) is 4.98 Å². The van der Waals surface area contributed by atoms with Crippen molar-refractivity contribution in [2.75, 3.05) is 19.6 Å². The lowest BCUT2D eigenvalue weighted by Gasteiger charge is -2.42. The molecular formula is C24H25N3O3. The number of fused-ring (bicyclic) bond motifs is 2. The zero-order valence-corrected chi connectivity index (χ0v) is 17.1. The molecule has 6 heteroatoms. The number of ether oxygens (including phenoxy) is 1. The highest BCUT2D eigenvalue weighted by atomic mass is 16.5. The Bertz CT molecular complexity index is 1110. The van der Waals surface area contributed by atoms with Gasteiger partial charge in [0.1, 0.15) is 11.4 Å². The molecule has 1 spiro atoms. The minimum absolute atomic E-state index is 0.00627. The lowest BCUT2D eigenvalue weighted by Crippen LogP contribution is -2.54. The quantitative estimate of drug-likeness (QED) is 0.675. The molecule has 2 aromatic carbocycles. The summed E-state index contributed by atoms with van der Waals surface area (Å²) in [6.45, 7) is 3.92. The van der Waals surface area contributed by atoms with Gasteiger partial charge in [-0.05, 0) is 30.3 Å². The van der Waals surface area contributed by atoms with Crippen LogP contribution < -0.4 is 4.74 Å². The summed E-state index contributed by atoms with van der Waals surface area (Å²) in [6.07, 6.45) is 3.30. The Morgan fingerprint density at radius 1 is 1.03 bits per heavy atom. The van der Waals surface area contributed by atoms with E-state index in [-0.39, 0.29) is 11.8 Å². The molecule has 1 fully saturated rings. The zero-order valence-electron chi connectivity index (χ0n) is 17.1. The highest BCUT2D eigenvalue weighted by Gasteiger charge is 2.42. The summed E-state index contributed by atoms with van der Waals surface area (Å²) in [5, 5.41) is 1.02. The standard InChI is InChI=1S/C24H25N3O3/c1-17(28)26-12-9-24(10-13-26)16-27(15-20-4-2-3-5-22(20)30-24)23(29)19-6-7-21-18(14-19)8-11-25-21/h2-8,11,14,25H,9-10,12-13,15-16H2,1H3. The first-order valence-corrected chi connectivity index (χ1v) is 10.4. The molecule has 1 aromatic heterocycles. The number of amides is 2. The first kappa shape index (κ1) is 18.7. The van der Waals surface area contributed by atoms with Gasteiger partial charge in [-0.25, -0.2) is 0 Å². The number of aromatic amines is 1. The van der Waals surface area contributed by atoms with Crippen LogP contribution in [0.1, 0.15) is 35.7 Å². The minimum atomic E-state index is -0.480. The van der Waals surface area contributed by atoms with Crippen LogP contribution in [0.15, 0.2) is 54.7 Å². The first-order chi connectivity index (χ1) is 14.5. The molecule has 0 aliphatic carbocycles. The predicted molar refractivity (Wildman–Crippen MR) is 114 cm³/mol. The minimum Gasteiger partial charge on any atom is -0.485 e. The third-order valence-electron chi connectivity index (χ3n) is 6.35. The molecule has 0 radical (unpaired) electrons. The molecule has 0 atom stereocenters. The Hall–Kier alpha value is -3.28. The topological polar surface area (TPSA) is 65.6 Å². The number of hydrogen-bond acceptors (Lipinski definition) is 3. The third-order valence-corrected chi connectivity index (χ3v) is 6.35. The van der Waals surface area contributed by atoms with Gasteiger partial charge in [-0.15, -0.1) is 0 Å². The Kier molecular flexibility index (Phi) is 4.50. The molecule has 0 bridgehead atoms. The summed E-state index contributed by atoms with van der Waals surface area (Å²) in [5.41, 5.74) is 2.23. The van der Waals surface area contributed by atoms with Crippen molar-refractivity contribution in [2.24, 2.45) is 0 Å². The molecule has 0 saturated carbocycles. The van der Waals surface area contributed by atoms with E-state index in [0.717, 1.165) is 22.2 Å². The fourth-order valence-corrected chi connectivity index (χ4v) is 4.61. The molecule has 154 valence electrons. The number of carbonyl (C=O) groups excluding carboxylic acids is 2. The van der Waals surface area contributed by atoms with Crippen LogP contribution in [0.3, 0.4) is 0 Å². The molecule has 1 saturated heterocycles. The van der Waals surface area contributed by atoms with Gasteiger partial charge in [0.05, 0.1) is 6.54 Å². The van der Waals surface area contributed by atoms with Gasteiger partial charge in [-0.1, -0.05) is 18.2 Å². The predicted octanol–water partition coefficient (Wildman–Crippen LogP) is 3.58. The molecule has 1 N–H and O–H groups in total. The van der Waals surface area contributed by atoms with Crippen molar-refractivity contribution >= 4 is 22.7 Å². The maximum Gasteiger partial charge on any atom is 0.254 e. The van der Waals surface area contributed by atoms with Crippen molar-refractivity contribution in [1.29, 1.82) is 0 Å². The van der Waals surface area contributed by atoms with E-state index in [1.54, 1.807) is 6.92 Å². The number of H-pyrrole nitrogens is 1. The largest absolute Gasteiger partial charge is 0.485 e. The Morgan fingerprint density at radius 2 is 1.83 bits per heavy atom. The Morgan fingerprint density at radius 3 is 2.63 bits per heavy atom. The number of para-hydroxylation sites is 1. The molecule has 3 heterocycles. The van der Waals surface area contributed by atoms with Gasteiger partial charge < -0.3 is 19.5 Å². The summed E-state index contributed by atoms with van der Waals surface area (Å²) >= 11 is 0. The van der Waals surface area contributed by atoms with E-state index in [9.17, 15) is 9.59 Å². The smallest absolute Gasteiger partial charge is 0.254 e. The number of hydrogen-bond donors (Lipinski definition) is 1. The Balaban J connectivity index is 1.48. The number of piperidine rings is 1. The first-order valence-electron chi connectivity index (χ1n) is 10.4. The fourth-order valence-electron chi connectivity index (χ4n) is 4.61. The SMILES string of the molecule is CC(=O)N1CCC2(CC1)CN(C(=O)c1ccc3[nH]ccc3c1)Cc1ccccc1O2. The van der Waals surface area contributed by atoms with Gasteiger partial charge in [0.25, 0.3) is 5.91 Å². The summed E-state index contributed by atoms with van der Waals surface area (Å²) in [7, 11) is 0. The van der Waals surface area contributed by atoms with E-state index in [0.29, 0.717) is 44.6 Å². The summed E-state index contributed by atoms with van der Waals surface area (Å²) in [4.78, 5) is 32.3. The van der Waals surface area contributed by atoms with E-state index < -0.39 is 5.60 Å². The van der Waals surface area contributed by atoms with Gasteiger partial charge in [0, 0.05) is 67.6 Å². The molecule has 5 rings (SSSR count). The van der Waals surface area contributed by atoms with Crippen molar-refractivity contribution in [3.63, 3.8) is 0 Å². The van der Waals surface area contributed by atoms with Crippen LogP contribution in [-0.2, 0) is 11.3 Å². The van der Waals surface area contributed by atoms with Gasteiger partial charge in [-0.2, -0.15) is 0 Å². The van der Waals surface area contributed by atoms with Gasteiger partial charge >= 0.3 is 0 Å². The van der Waals surface area contributed by atoms with Crippen LogP contribution in [0.5, 0.6) is 5.75 Å². The van der Waals surface area contributed by atoms with Crippen molar-refractivity contribution < 1.29 is 14.3 Å². The maximum absolute atomic E-state index is 13.5. The van der Waals surface area contributed by atoms with E-state index in [1.165, 1.54) is 0 Å². The monoisotopic (exact) mass is 403 g/mol. The van der Waals surface area contributed by atoms with Gasteiger partial charge in [0.15, 0.2) is 0 Å². The summed E-state index contributed by atoms with van der Waals surface area (Å²) in [5.74, 6) is 0.934. The molecule has 3 aromatic rings. The molecule has 2 aliphatic heterocycles. The highest BCUT2D eigenvalue weighted by Crippen LogP contribution is 2.36. The van der Waals surface area contributed by atoms with Crippen molar-refractivity contribution in [3.8, 4) is 5.75 Å². The number of nitrogens with zero attached hydrogens (tertiary/aromatic N) is 2. The fraction of sp³-hybridized carbons (Fsp3) is 0.333. The molecular weight excluding hydrogens is 378 g/mol. The van der Waals surface area contributed by atoms with Crippen LogP contribution in [0.25, 0.3) is 10.9 Å². The maximum atomic E-state index is 13.5. The van der Waals surface area contributed by atoms with Crippen LogP contribution in [0, 0.1) is 0 Å². The zero-order chi connectivity index (χ0) is 20.7. The van der Waals surface area contributed by atoms with Crippen LogP contribution >= 0.6 is 0 Å². The second kappa shape index (κ2) is 7.20. The number of likely N-dealkylation sites (tertiary alicyclic amines) is 1. The van der Waals surface area contributed by atoms with Crippen molar-refractivity contribution in [2.45, 2.75) is 31.9 Å². The molecule has 30 heavy (non-hydrogen) atoms. The Labute approximate surface area is 175 Å². The number of aromatic nitrogens is 1. The molecule has 2 amide bonds. The molecule has 2 aliphatic rings. The van der Waals surface area contributed by atoms with Crippen LogP contribution in [0.2, 0.25) is 0 Å². The lowest BCUT2D eigenvalue weighted by atomic mass is 9.90. The number of rotatable bonds is 1. The second-order valence-corrected chi connectivity index (χ2v) is 8.34. The normalized spacial score (nSPS) is 18.0. The van der Waals surface area contributed by atoms with E-state index in [4.69, 9.17) is 4.74 Å². The number of carbonyl (C=O) groups is 2. The average Bonchev–Trinajstić information content (AvgIpc) is 3.16. The van der Waals surface area contributed by atoms with Gasteiger partial charge in [0.2, 0.25) is 5.91 Å². The number of benzene rings is 2. The highest BCUT2D eigenvalue weighted by molar-refractivity contribution is 5.98. The lowest BCUT2D eigenvalue weighted by molar-refractivity contribution is -0.132. The summed E-state index contributed by atoms with van der Waals surface area (Å²) in [6, 6.07) is 15.7. The second-order valence-electron chi connectivity index (χ2n) is 8.34. The average molecular weight is 403 g/mol. The summed E-state index contributed by atoms with van der Waals surface area (Å²) < 4.78 is 6.55. The van der Waals surface area contributed by atoms with Crippen LogP contribution in [-0.4, -0.2) is 51.8 Å². The third kappa shape index (κ3) is 3.32. The van der Waals surface area contributed by atoms with Gasteiger partial charge in [-0.3, -0.25) is 9.59 Å². The van der Waals surface area contributed by atoms with Crippen LogP contribution in [0.4, 0.5) is 0 Å². The molecule has 6 nitrogen and oxygen atoms in total. The molecule has 0 unspecified atom stereocenters. The van der Waals surface area contributed by atoms with Crippen molar-refractivity contribution in [1.82, 2.24) is 14.8 Å². The van der Waals surface area contributed by atoms with E-state index in [1.807, 2.05) is 64.5 Å². The van der Waals surface area contributed by atoms with Crippen molar-refractivity contribution in [3.05, 3.63) is 65.9 Å². The number of nitrogens with one attached hydrogen (secondary N) is 1. The van der Waals surface area contributed by atoms with E-state index >= 15 is 0 Å².